The maximum Gasteiger partial charge on any atom is 0.251 e. The number of hydrogen-bond donors (Lipinski definition) is 1. The van der Waals surface area contributed by atoms with Gasteiger partial charge in [-0.15, -0.1) is 11.6 Å². The summed E-state index contributed by atoms with van der Waals surface area (Å²) in [6.45, 7) is 0.223. The van der Waals surface area contributed by atoms with E-state index in [1.54, 1.807) is 23.4 Å². The van der Waals surface area contributed by atoms with E-state index in [1.165, 1.54) is 0 Å². The van der Waals surface area contributed by atoms with Crippen LogP contribution in [-0.4, -0.2) is 64.2 Å². The molecule has 8 heteroatoms. The van der Waals surface area contributed by atoms with Gasteiger partial charge in [0, 0.05) is 30.1 Å². The molecule has 0 bridgehead atoms. The molecule has 2 saturated heterocycles. The van der Waals surface area contributed by atoms with Crippen molar-refractivity contribution in [2.45, 2.75) is 55.7 Å². The Morgan fingerprint density at radius 2 is 1.91 bits per heavy atom. The number of rotatable bonds is 5. The normalized spacial score (nSPS) is 25.7. The van der Waals surface area contributed by atoms with Crippen molar-refractivity contribution in [1.82, 2.24) is 15.2 Å². The zero-order valence-corrected chi connectivity index (χ0v) is 19.6. The monoisotopic (exact) mass is 481 g/mol. The SMILES string of the molecule is O=C(N[C@H](C(=O)N1C[C@H](Cl)[C@H]2OCC(=O)[C@H]21)C1CCCCC1)c1cccc(-c2cccnc2)c1. The van der Waals surface area contributed by atoms with Crippen molar-refractivity contribution < 1.29 is 19.1 Å². The molecule has 2 aliphatic heterocycles. The zero-order chi connectivity index (χ0) is 23.7. The van der Waals surface area contributed by atoms with Crippen LogP contribution in [-0.2, 0) is 14.3 Å². The molecule has 3 aliphatic rings. The number of benzene rings is 1. The Hall–Kier alpha value is -2.77. The first-order valence-electron chi connectivity index (χ1n) is 11.9. The van der Waals surface area contributed by atoms with E-state index in [0.717, 1.165) is 43.2 Å². The van der Waals surface area contributed by atoms with Crippen LogP contribution in [0.25, 0.3) is 11.1 Å². The third-order valence-corrected chi connectivity index (χ3v) is 7.59. The molecule has 3 fully saturated rings. The number of Topliss-reactive ketones (excluding diaryl/α,β-unsaturated/α-hetero) is 1. The lowest BCUT2D eigenvalue weighted by atomic mass is 9.83. The maximum absolute atomic E-state index is 13.8. The van der Waals surface area contributed by atoms with Gasteiger partial charge in [0.05, 0.1) is 5.38 Å². The number of amides is 2. The van der Waals surface area contributed by atoms with Crippen molar-refractivity contribution in [2.75, 3.05) is 13.2 Å². The number of alkyl halides is 1. The summed E-state index contributed by atoms with van der Waals surface area (Å²) in [5, 5.41) is 2.60. The number of pyridine rings is 1. The van der Waals surface area contributed by atoms with Gasteiger partial charge < -0.3 is 15.0 Å². The number of nitrogens with zero attached hydrogens (tertiary/aromatic N) is 2. The van der Waals surface area contributed by atoms with Gasteiger partial charge in [0.1, 0.15) is 24.8 Å². The van der Waals surface area contributed by atoms with Crippen molar-refractivity contribution in [1.29, 1.82) is 0 Å². The quantitative estimate of drug-likeness (QED) is 0.662. The molecule has 4 atom stereocenters. The minimum atomic E-state index is -0.703. The second kappa shape index (κ2) is 9.84. The lowest BCUT2D eigenvalue weighted by molar-refractivity contribution is -0.139. The molecule has 1 aliphatic carbocycles. The van der Waals surface area contributed by atoms with E-state index in [-0.39, 0.29) is 36.7 Å². The third kappa shape index (κ3) is 4.46. The first kappa shape index (κ1) is 23.0. The Morgan fingerprint density at radius 3 is 2.68 bits per heavy atom. The summed E-state index contributed by atoms with van der Waals surface area (Å²) in [6.07, 6.45) is 7.87. The van der Waals surface area contributed by atoms with E-state index in [0.29, 0.717) is 5.56 Å². The first-order chi connectivity index (χ1) is 16.5. The van der Waals surface area contributed by atoms with Crippen LogP contribution in [0.15, 0.2) is 48.8 Å². The number of fused-ring (bicyclic) bond motifs is 1. The fourth-order valence-corrected chi connectivity index (χ4v) is 5.81. The molecule has 5 rings (SSSR count). The van der Waals surface area contributed by atoms with Gasteiger partial charge in [-0.3, -0.25) is 19.4 Å². The van der Waals surface area contributed by atoms with E-state index < -0.39 is 23.6 Å². The Bertz CT molecular complexity index is 1070. The van der Waals surface area contributed by atoms with Crippen molar-refractivity contribution in [3.8, 4) is 11.1 Å². The number of halogens is 1. The van der Waals surface area contributed by atoms with Crippen LogP contribution in [0.5, 0.6) is 0 Å². The Balaban J connectivity index is 1.39. The lowest BCUT2D eigenvalue weighted by Gasteiger charge is -2.34. The third-order valence-electron chi connectivity index (χ3n) is 7.20. The molecular weight excluding hydrogens is 454 g/mol. The van der Waals surface area contributed by atoms with Crippen LogP contribution in [0, 0.1) is 5.92 Å². The second-order valence-electron chi connectivity index (χ2n) is 9.37. The lowest BCUT2D eigenvalue weighted by Crippen LogP contribution is -2.55. The summed E-state index contributed by atoms with van der Waals surface area (Å²) < 4.78 is 5.54. The van der Waals surface area contributed by atoms with Gasteiger partial charge in [0.25, 0.3) is 5.91 Å². The van der Waals surface area contributed by atoms with Crippen molar-refractivity contribution in [3.63, 3.8) is 0 Å². The highest BCUT2D eigenvalue weighted by molar-refractivity contribution is 6.22. The van der Waals surface area contributed by atoms with Crippen LogP contribution >= 0.6 is 11.6 Å². The molecule has 2 amide bonds. The number of nitrogens with one attached hydrogen (secondary N) is 1. The van der Waals surface area contributed by atoms with Crippen LogP contribution in [0.1, 0.15) is 42.5 Å². The molecule has 1 saturated carbocycles. The predicted molar refractivity (Wildman–Crippen MR) is 127 cm³/mol. The smallest absolute Gasteiger partial charge is 0.251 e. The second-order valence-corrected chi connectivity index (χ2v) is 9.93. The molecule has 0 unspecified atom stereocenters. The number of carbonyl (C=O) groups excluding carboxylic acids is 3. The Morgan fingerprint density at radius 1 is 1.12 bits per heavy atom. The highest BCUT2D eigenvalue weighted by atomic mass is 35.5. The van der Waals surface area contributed by atoms with E-state index >= 15 is 0 Å². The molecule has 178 valence electrons. The minimum absolute atomic E-state index is 0.0239. The average Bonchev–Trinajstić information content (AvgIpc) is 3.43. The fourth-order valence-electron chi connectivity index (χ4n) is 5.45. The highest BCUT2D eigenvalue weighted by Crippen LogP contribution is 2.34. The topological polar surface area (TPSA) is 88.6 Å². The summed E-state index contributed by atoms with van der Waals surface area (Å²) >= 11 is 6.42. The van der Waals surface area contributed by atoms with E-state index in [1.807, 2.05) is 30.3 Å². The number of ether oxygens (including phenoxy) is 1. The van der Waals surface area contributed by atoms with Crippen LogP contribution < -0.4 is 5.32 Å². The summed E-state index contributed by atoms with van der Waals surface area (Å²) in [5.41, 5.74) is 2.26. The van der Waals surface area contributed by atoms with Gasteiger partial charge in [0.15, 0.2) is 5.78 Å². The Kier molecular flexibility index (Phi) is 6.66. The van der Waals surface area contributed by atoms with Crippen molar-refractivity contribution in [2.24, 2.45) is 5.92 Å². The first-order valence-corrected chi connectivity index (χ1v) is 12.4. The molecule has 1 N–H and O–H groups in total. The number of ketones is 1. The van der Waals surface area contributed by atoms with Gasteiger partial charge in [-0.25, -0.2) is 0 Å². The number of hydrogen-bond acceptors (Lipinski definition) is 5. The minimum Gasteiger partial charge on any atom is -0.366 e. The molecular formula is C26H28ClN3O4. The highest BCUT2D eigenvalue weighted by Gasteiger charge is 2.53. The number of likely N-dealkylation sites (tertiary alicyclic amines) is 1. The summed E-state index contributed by atoms with van der Waals surface area (Å²) in [5.74, 6) is -0.640. The van der Waals surface area contributed by atoms with E-state index in [9.17, 15) is 14.4 Å². The molecule has 2 aromatic rings. The molecule has 1 aromatic heterocycles. The number of carbonyl (C=O) groups is 3. The van der Waals surface area contributed by atoms with Crippen LogP contribution in [0.4, 0.5) is 0 Å². The fraction of sp³-hybridized carbons (Fsp3) is 0.462. The molecule has 0 radical (unpaired) electrons. The summed E-state index contributed by atoms with van der Waals surface area (Å²) in [6, 6.07) is 9.72. The molecule has 7 nitrogen and oxygen atoms in total. The maximum atomic E-state index is 13.8. The van der Waals surface area contributed by atoms with Gasteiger partial charge in [0.2, 0.25) is 5.91 Å². The molecule has 3 heterocycles. The van der Waals surface area contributed by atoms with E-state index in [4.69, 9.17) is 16.3 Å². The molecule has 1 aromatic carbocycles. The Labute approximate surface area is 203 Å². The zero-order valence-electron chi connectivity index (χ0n) is 18.9. The van der Waals surface area contributed by atoms with Gasteiger partial charge in [-0.2, -0.15) is 0 Å². The van der Waals surface area contributed by atoms with Crippen LogP contribution in [0.3, 0.4) is 0 Å². The standard InChI is InChI=1S/C26H28ClN3O4/c27-20-14-30(23-21(31)15-34-24(20)23)26(33)22(16-6-2-1-3-7-16)29-25(32)18-9-4-8-17(12-18)19-10-5-11-28-13-19/h4-5,8-13,16,20,22-24H,1-3,6-7,14-15H2,(H,29,32)/t20-,22-,23+,24+/m0/s1. The van der Waals surface area contributed by atoms with Crippen LogP contribution in [0.2, 0.25) is 0 Å². The predicted octanol–water partition coefficient (Wildman–Crippen LogP) is 3.21. The van der Waals surface area contributed by atoms with Gasteiger partial charge >= 0.3 is 0 Å². The largest absolute Gasteiger partial charge is 0.366 e. The number of aromatic nitrogens is 1. The summed E-state index contributed by atoms with van der Waals surface area (Å²) in [7, 11) is 0. The van der Waals surface area contributed by atoms with Gasteiger partial charge in [-0.1, -0.05) is 37.5 Å². The molecule has 34 heavy (non-hydrogen) atoms. The average molecular weight is 482 g/mol. The van der Waals surface area contributed by atoms with Crippen molar-refractivity contribution in [3.05, 3.63) is 54.4 Å². The molecule has 0 spiro atoms. The van der Waals surface area contributed by atoms with E-state index in [2.05, 4.69) is 10.3 Å². The van der Waals surface area contributed by atoms with Crippen molar-refractivity contribution >= 4 is 29.2 Å². The van der Waals surface area contributed by atoms with Gasteiger partial charge in [-0.05, 0) is 42.5 Å². The summed E-state index contributed by atoms with van der Waals surface area (Å²) in [4.78, 5) is 45.3.